The molecule has 3 aromatic rings. The third-order valence-corrected chi connectivity index (χ3v) is 7.52. The van der Waals surface area contributed by atoms with Gasteiger partial charge in [0.05, 0.1) is 22.2 Å². The molecule has 218 valence electrons. The van der Waals surface area contributed by atoms with Gasteiger partial charge in [-0.1, -0.05) is 34.8 Å². The number of ether oxygens (including phenoxy) is 1. The van der Waals surface area contributed by atoms with E-state index in [1.165, 1.54) is 24.3 Å². The average Bonchev–Trinajstić information content (AvgIpc) is 3.45. The van der Waals surface area contributed by atoms with Crippen molar-refractivity contribution < 1.29 is 36.3 Å². The van der Waals surface area contributed by atoms with Crippen LogP contribution in [0.5, 0.6) is 5.75 Å². The summed E-state index contributed by atoms with van der Waals surface area (Å²) < 4.78 is 65.2. The second-order valence-corrected chi connectivity index (χ2v) is 11.5. The van der Waals surface area contributed by atoms with Crippen LogP contribution in [0.2, 0.25) is 15.1 Å². The predicted molar refractivity (Wildman–Crippen MR) is 146 cm³/mol. The van der Waals surface area contributed by atoms with Crippen LogP contribution in [0.4, 0.5) is 33.3 Å². The van der Waals surface area contributed by atoms with E-state index < -0.39 is 46.0 Å². The van der Waals surface area contributed by atoms with Crippen LogP contribution in [-0.4, -0.2) is 28.4 Å². The van der Waals surface area contributed by atoms with Gasteiger partial charge in [0.15, 0.2) is 0 Å². The molecule has 6 nitrogen and oxygen atoms in total. The van der Waals surface area contributed by atoms with Crippen LogP contribution < -0.4 is 20.9 Å². The van der Waals surface area contributed by atoms with Crippen molar-refractivity contribution in [1.29, 1.82) is 0 Å². The minimum Gasteiger partial charge on any atom is -0.426 e. The van der Waals surface area contributed by atoms with Crippen molar-refractivity contribution in [3.05, 3.63) is 86.9 Å². The summed E-state index contributed by atoms with van der Waals surface area (Å²) in [5, 5.41) is 3.34. The maximum absolute atomic E-state index is 13.0. The zero-order valence-electron chi connectivity index (χ0n) is 19.9. The van der Waals surface area contributed by atoms with E-state index in [1.807, 2.05) is 0 Å². The summed E-state index contributed by atoms with van der Waals surface area (Å²) >= 11 is 31.0. The zero-order valence-corrected chi connectivity index (χ0v) is 23.7. The molecule has 3 N–H and O–H groups in total. The predicted octanol–water partition coefficient (Wildman–Crippen LogP) is 8.46. The molecule has 1 aliphatic rings. The number of carbonyl (C=O) groups is 2. The molecule has 0 aromatic heterocycles. The Kier molecular flexibility index (Phi) is 8.78. The average molecular weight is 678 g/mol. The zero-order chi connectivity index (χ0) is 30.3. The fraction of sp³-hybridized carbons (Fsp3) is 0.200. The number of carbonyl (C=O) groups excluding carboxylic acids is 2. The highest BCUT2D eigenvalue weighted by Crippen LogP contribution is 2.65. The molecule has 2 amide bonds. The molecule has 0 unspecified atom stereocenters. The van der Waals surface area contributed by atoms with Crippen molar-refractivity contribution >= 4 is 81.2 Å². The van der Waals surface area contributed by atoms with E-state index in [-0.39, 0.29) is 22.0 Å². The van der Waals surface area contributed by atoms with E-state index >= 15 is 0 Å². The number of benzene rings is 3. The Morgan fingerprint density at radius 3 is 2.00 bits per heavy atom. The highest BCUT2D eigenvalue weighted by atomic mass is 35.5. The topological polar surface area (TPSA) is 79.5 Å². The Hall–Kier alpha value is -2.70. The van der Waals surface area contributed by atoms with Crippen LogP contribution in [0, 0.1) is 5.92 Å². The number of alkyl halides is 7. The summed E-state index contributed by atoms with van der Waals surface area (Å²) in [6, 6.07) is 12.7. The summed E-state index contributed by atoms with van der Waals surface area (Å²) in [4.78, 5) is 25.7. The van der Waals surface area contributed by atoms with Gasteiger partial charge in [0.25, 0.3) is 5.91 Å². The first kappa shape index (κ1) is 31.2. The maximum atomic E-state index is 13.0. The third-order valence-electron chi connectivity index (χ3n) is 5.81. The summed E-state index contributed by atoms with van der Waals surface area (Å²) in [6.07, 6.45) is -11.3. The molecule has 0 radical (unpaired) electrons. The Bertz CT molecular complexity index is 1470. The molecule has 0 bridgehead atoms. The van der Waals surface area contributed by atoms with Crippen molar-refractivity contribution in [2.45, 2.75) is 22.5 Å². The lowest BCUT2D eigenvalue weighted by atomic mass is 10.1. The van der Waals surface area contributed by atoms with Crippen LogP contribution in [0.15, 0.2) is 60.7 Å². The Morgan fingerprint density at radius 1 is 0.829 bits per heavy atom. The van der Waals surface area contributed by atoms with Crippen molar-refractivity contribution in [3.63, 3.8) is 0 Å². The largest absolute Gasteiger partial charge is 0.499 e. The van der Waals surface area contributed by atoms with E-state index in [0.29, 0.717) is 15.6 Å². The number of hydrogen-bond acceptors (Lipinski definition) is 4. The van der Waals surface area contributed by atoms with Gasteiger partial charge in [-0.05, 0) is 66.2 Å². The van der Waals surface area contributed by atoms with Crippen molar-refractivity contribution in [2.75, 3.05) is 10.7 Å². The van der Waals surface area contributed by atoms with Gasteiger partial charge < -0.3 is 10.1 Å². The smallest absolute Gasteiger partial charge is 0.426 e. The minimum absolute atomic E-state index is 0.0160. The number of hydrogen-bond donors (Lipinski definition) is 3. The Labute approximate surface area is 253 Å². The number of rotatable bonds is 8. The fourth-order valence-electron chi connectivity index (χ4n) is 3.83. The molecule has 0 saturated heterocycles. The van der Waals surface area contributed by atoms with Crippen molar-refractivity contribution in [3.8, 4) is 5.75 Å². The van der Waals surface area contributed by atoms with E-state index in [4.69, 9.17) is 58.0 Å². The molecular formula is C25H15Cl5F5N3O3. The molecule has 2 atom stereocenters. The first-order valence-corrected chi connectivity index (χ1v) is 13.1. The van der Waals surface area contributed by atoms with Gasteiger partial charge >= 0.3 is 12.3 Å². The number of amides is 2. The molecule has 3 aromatic carbocycles. The lowest BCUT2D eigenvalue weighted by Crippen LogP contribution is -2.41. The highest BCUT2D eigenvalue weighted by Gasteiger charge is 2.67. The van der Waals surface area contributed by atoms with Gasteiger partial charge in [0.1, 0.15) is 10.1 Å². The second-order valence-electron chi connectivity index (χ2n) is 8.74. The first-order chi connectivity index (χ1) is 19.0. The van der Waals surface area contributed by atoms with Crippen LogP contribution in [0.1, 0.15) is 21.8 Å². The van der Waals surface area contributed by atoms with E-state index in [2.05, 4.69) is 20.9 Å². The molecular weight excluding hydrogens is 663 g/mol. The van der Waals surface area contributed by atoms with Crippen LogP contribution >= 0.6 is 58.0 Å². The quantitative estimate of drug-likeness (QED) is 0.127. The molecule has 16 heteroatoms. The van der Waals surface area contributed by atoms with Gasteiger partial charge in [-0.15, -0.1) is 23.2 Å². The first-order valence-electron chi connectivity index (χ1n) is 11.2. The molecule has 0 heterocycles. The van der Waals surface area contributed by atoms with Gasteiger partial charge in [-0.2, -0.15) is 22.0 Å². The summed E-state index contributed by atoms with van der Waals surface area (Å²) in [7, 11) is 0. The van der Waals surface area contributed by atoms with Gasteiger partial charge in [-0.3, -0.25) is 20.4 Å². The molecule has 0 aliphatic heterocycles. The summed E-state index contributed by atoms with van der Waals surface area (Å²) in [5.41, 5.74) is 5.56. The number of anilines is 2. The standard InChI is InChI=1S/C25H15Cl5F5N3O3/c26-12-7-11(8-13(27)9-12)19-20(23(19,29)30)22(40)36-15-3-6-18(28)17(10-15)21(39)38-37-14-1-4-16(5-2-14)41-25(34,35)24(31,32)33/h1-10,19-20,37H,(H,36,40)(H,38,39)/t19-,20+/m0/s1. The van der Waals surface area contributed by atoms with E-state index in [9.17, 15) is 31.5 Å². The lowest BCUT2D eigenvalue weighted by molar-refractivity contribution is -0.360. The third kappa shape index (κ3) is 7.03. The minimum atomic E-state index is -5.90. The molecule has 1 saturated carbocycles. The summed E-state index contributed by atoms with van der Waals surface area (Å²) in [5.74, 6) is -3.53. The van der Waals surface area contributed by atoms with Crippen molar-refractivity contribution in [1.82, 2.24) is 5.43 Å². The molecule has 0 spiro atoms. The SMILES string of the molecule is O=C(NNc1ccc(OC(F)(F)C(F)(F)F)cc1)c1cc(NC(=O)[C@H]2[C@H](c3cc(Cl)cc(Cl)c3)C2(Cl)Cl)ccc1Cl. The van der Waals surface area contributed by atoms with E-state index in [0.717, 1.165) is 24.3 Å². The lowest BCUT2D eigenvalue weighted by Gasteiger charge is -2.20. The number of nitrogens with one attached hydrogen (secondary N) is 3. The molecule has 1 fully saturated rings. The van der Waals surface area contributed by atoms with Crippen molar-refractivity contribution in [2.24, 2.45) is 5.92 Å². The normalized spacial score (nSPS) is 17.9. The van der Waals surface area contributed by atoms with E-state index in [1.54, 1.807) is 12.1 Å². The highest BCUT2D eigenvalue weighted by molar-refractivity contribution is 6.53. The number of hydrazine groups is 1. The number of halogens is 10. The van der Waals surface area contributed by atoms with Crippen LogP contribution in [0.3, 0.4) is 0 Å². The molecule has 4 rings (SSSR count). The molecule has 41 heavy (non-hydrogen) atoms. The summed E-state index contributed by atoms with van der Waals surface area (Å²) in [6.45, 7) is 0. The Balaban J connectivity index is 1.39. The van der Waals surface area contributed by atoms with Crippen LogP contribution in [-0.2, 0) is 4.79 Å². The van der Waals surface area contributed by atoms with Gasteiger partial charge in [0.2, 0.25) is 5.91 Å². The Morgan fingerprint density at radius 2 is 1.41 bits per heavy atom. The maximum Gasteiger partial charge on any atom is 0.499 e. The fourth-order valence-corrected chi connectivity index (χ4v) is 5.40. The monoisotopic (exact) mass is 675 g/mol. The van der Waals surface area contributed by atoms with Crippen LogP contribution in [0.25, 0.3) is 0 Å². The second kappa shape index (κ2) is 11.5. The molecule has 1 aliphatic carbocycles. The van der Waals surface area contributed by atoms with Gasteiger partial charge in [0, 0.05) is 21.7 Å². The van der Waals surface area contributed by atoms with Gasteiger partial charge in [-0.25, -0.2) is 0 Å².